The predicted octanol–water partition coefficient (Wildman–Crippen LogP) is 2.17. The van der Waals surface area contributed by atoms with Crippen LogP contribution in [0.4, 0.5) is 0 Å². The van der Waals surface area contributed by atoms with Gasteiger partial charge in [0, 0.05) is 6.07 Å². The summed E-state index contributed by atoms with van der Waals surface area (Å²) in [5.41, 5.74) is 0.919. The summed E-state index contributed by atoms with van der Waals surface area (Å²) in [7, 11) is 1.61. The number of benzene rings is 2. The molecular formula is C20H19NO5. The first kappa shape index (κ1) is 17.5. The Balaban J connectivity index is 1.36. The van der Waals surface area contributed by atoms with Crippen LogP contribution >= 0.6 is 0 Å². The number of ether oxygens (including phenoxy) is 4. The van der Waals surface area contributed by atoms with Gasteiger partial charge in [0.15, 0.2) is 11.5 Å². The van der Waals surface area contributed by atoms with Gasteiger partial charge in [-0.3, -0.25) is 4.79 Å². The van der Waals surface area contributed by atoms with Gasteiger partial charge in [0.1, 0.15) is 18.1 Å². The lowest BCUT2D eigenvalue weighted by atomic mass is 10.1. The van der Waals surface area contributed by atoms with Gasteiger partial charge in [-0.1, -0.05) is 24.0 Å². The van der Waals surface area contributed by atoms with E-state index in [-0.39, 0.29) is 25.9 Å². The molecule has 26 heavy (non-hydrogen) atoms. The molecule has 0 unspecified atom stereocenters. The number of carbonyl (C=O) groups excluding carboxylic acids is 1. The highest BCUT2D eigenvalue weighted by Gasteiger charge is 2.13. The molecule has 0 fully saturated rings. The molecule has 1 amide bonds. The number of carbonyl (C=O) groups is 1. The minimum absolute atomic E-state index is 0.0823. The van der Waals surface area contributed by atoms with Crippen LogP contribution in [0.15, 0.2) is 42.5 Å². The van der Waals surface area contributed by atoms with Gasteiger partial charge in [-0.25, -0.2) is 0 Å². The van der Waals surface area contributed by atoms with E-state index in [1.165, 1.54) is 0 Å². The van der Waals surface area contributed by atoms with Gasteiger partial charge >= 0.3 is 0 Å². The van der Waals surface area contributed by atoms with E-state index in [2.05, 4.69) is 17.2 Å². The van der Waals surface area contributed by atoms with Gasteiger partial charge in [0.05, 0.1) is 20.1 Å². The molecule has 0 spiro atoms. The van der Waals surface area contributed by atoms with Crippen molar-refractivity contribution >= 4 is 5.91 Å². The normalized spacial score (nSPS) is 11.3. The summed E-state index contributed by atoms with van der Waals surface area (Å²) >= 11 is 0. The highest BCUT2D eigenvalue weighted by atomic mass is 16.7. The zero-order valence-electron chi connectivity index (χ0n) is 14.4. The highest BCUT2D eigenvalue weighted by molar-refractivity contribution is 5.78. The van der Waals surface area contributed by atoms with E-state index < -0.39 is 0 Å². The van der Waals surface area contributed by atoms with Gasteiger partial charge in [-0.2, -0.15) is 0 Å². The maximum Gasteiger partial charge on any atom is 0.231 e. The number of methoxy groups -OCH3 is 1. The second kappa shape index (κ2) is 8.67. The van der Waals surface area contributed by atoms with Crippen LogP contribution in [0.5, 0.6) is 23.0 Å². The molecule has 6 nitrogen and oxygen atoms in total. The molecule has 0 atom stereocenters. The van der Waals surface area contributed by atoms with E-state index in [9.17, 15) is 4.79 Å². The molecule has 2 aromatic carbocycles. The van der Waals surface area contributed by atoms with Gasteiger partial charge in [-0.15, -0.1) is 0 Å². The largest absolute Gasteiger partial charge is 0.497 e. The third-order valence-electron chi connectivity index (χ3n) is 3.68. The Morgan fingerprint density at radius 3 is 2.65 bits per heavy atom. The molecule has 0 saturated heterocycles. The molecular weight excluding hydrogens is 334 g/mol. The van der Waals surface area contributed by atoms with Crippen molar-refractivity contribution in [3.05, 3.63) is 48.0 Å². The quantitative estimate of drug-likeness (QED) is 0.807. The molecule has 6 heteroatoms. The molecule has 3 rings (SSSR count). The molecule has 1 aliphatic rings. The first-order valence-electron chi connectivity index (χ1n) is 8.12. The Bertz CT molecular complexity index is 820. The number of amides is 1. The average molecular weight is 353 g/mol. The topological polar surface area (TPSA) is 66.0 Å². The number of fused-ring (bicyclic) bond motifs is 1. The average Bonchev–Trinajstić information content (AvgIpc) is 3.13. The molecule has 1 N–H and O–H groups in total. The summed E-state index contributed by atoms with van der Waals surface area (Å²) in [6, 6.07) is 12.7. The molecule has 1 heterocycles. The lowest BCUT2D eigenvalue weighted by Crippen LogP contribution is -2.25. The van der Waals surface area contributed by atoms with Crippen molar-refractivity contribution in [2.75, 3.05) is 27.1 Å². The van der Waals surface area contributed by atoms with E-state index >= 15 is 0 Å². The number of rotatable bonds is 6. The Morgan fingerprint density at radius 1 is 1.08 bits per heavy atom. The zero-order chi connectivity index (χ0) is 18.2. The second-order valence-corrected chi connectivity index (χ2v) is 5.46. The fraction of sp³-hybridized carbons (Fsp3) is 0.250. The summed E-state index contributed by atoms with van der Waals surface area (Å²) in [6.07, 6.45) is 0.305. The first-order valence-corrected chi connectivity index (χ1v) is 8.12. The molecule has 134 valence electrons. The standard InChI is InChI=1S/C20H19NO5/c1-23-16-6-4-15(5-7-16)12-20(22)21-10-2-3-11-24-17-8-9-18-19(13-17)26-14-25-18/h4-9,13H,10-12,14H2,1H3,(H,21,22). The van der Waals surface area contributed by atoms with Crippen molar-refractivity contribution in [1.29, 1.82) is 0 Å². The highest BCUT2D eigenvalue weighted by Crippen LogP contribution is 2.34. The molecule has 0 radical (unpaired) electrons. The van der Waals surface area contributed by atoms with E-state index in [0.29, 0.717) is 23.7 Å². The van der Waals surface area contributed by atoms with Gasteiger partial charge in [0.25, 0.3) is 0 Å². The summed E-state index contributed by atoms with van der Waals surface area (Å²) in [6.45, 7) is 0.738. The third-order valence-corrected chi connectivity index (χ3v) is 3.68. The van der Waals surface area contributed by atoms with Crippen molar-refractivity contribution in [3.8, 4) is 34.8 Å². The minimum Gasteiger partial charge on any atom is -0.497 e. The van der Waals surface area contributed by atoms with Crippen molar-refractivity contribution in [2.45, 2.75) is 6.42 Å². The molecule has 0 aromatic heterocycles. The monoisotopic (exact) mass is 353 g/mol. The maximum absolute atomic E-state index is 11.9. The van der Waals surface area contributed by atoms with Gasteiger partial charge in [0.2, 0.25) is 12.7 Å². The Kier molecular flexibility index (Phi) is 5.84. The first-order chi connectivity index (χ1) is 12.7. The minimum atomic E-state index is -0.0823. The van der Waals surface area contributed by atoms with E-state index in [0.717, 1.165) is 11.3 Å². The van der Waals surface area contributed by atoms with Crippen molar-refractivity contribution in [2.24, 2.45) is 0 Å². The van der Waals surface area contributed by atoms with Crippen molar-refractivity contribution in [1.82, 2.24) is 5.32 Å². The molecule has 0 bridgehead atoms. The van der Waals surface area contributed by atoms with Gasteiger partial charge < -0.3 is 24.3 Å². The van der Waals surface area contributed by atoms with Crippen LogP contribution in [-0.2, 0) is 11.2 Å². The predicted molar refractivity (Wildman–Crippen MR) is 95.5 cm³/mol. The smallest absolute Gasteiger partial charge is 0.231 e. The van der Waals surface area contributed by atoms with Crippen LogP contribution in [0.2, 0.25) is 0 Å². The number of hydrogen-bond acceptors (Lipinski definition) is 5. The van der Waals surface area contributed by atoms with Crippen molar-refractivity contribution in [3.63, 3.8) is 0 Å². The molecule has 0 saturated carbocycles. The van der Waals surface area contributed by atoms with Crippen LogP contribution in [0.3, 0.4) is 0 Å². The molecule has 0 aliphatic carbocycles. The fourth-order valence-electron chi connectivity index (χ4n) is 2.33. The maximum atomic E-state index is 11.9. The summed E-state index contributed by atoms with van der Waals surface area (Å²) < 4.78 is 21.1. The van der Waals surface area contributed by atoms with E-state index in [1.54, 1.807) is 25.3 Å². The van der Waals surface area contributed by atoms with Crippen LogP contribution in [0.25, 0.3) is 0 Å². The SMILES string of the molecule is COc1ccc(CC(=O)NCC#CCOc2ccc3c(c2)OCO3)cc1. The van der Waals surface area contributed by atoms with Crippen LogP contribution < -0.4 is 24.3 Å². The van der Waals surface area contributed by atoms with E-state index in [1.807, 2.05) is 24.3 Å². The Labute approximate surface area is 152 Å². The summed E-state index contributed by atoms with van der Waals surface area (Å²) in [4.78, 5) is 11.9. The Morgan fingerprint density at radius 2 is 1.85 bits per heavy atom. The fourth-order valence-corrected chi connectivity index (χ4v) is 2.33. The molecule has 1 aliphatic heterocycles. The third kappa shape index (κ3) is 4.84. The molecule has 2 aromatic rings. The number of hydrogen-bond donors (Lipinski definition) is 1. The van der Waals surface area contributed by atoms with Gasteiger partial charge in [-0.05, 0) is 29.8 Å². The van der Waals surface area contributed by atoms with Crippen LogP contribution in [0, 0.1) is 11.8 Å². The summed E-state index contributed by atoms with van der Waals surface area (Å²) in [5, 5.41) is 2.76. The number of nitrogens with one attached hydrogen (secondary N) is 1. The van der Waals surface area contributed by atoms with Crippen molar-refractivity contribution < 1.29 is 23.7 Å². The Hall–Kier alpha value is -3.33. The lowest BCUT2D eigenvalue weighted by Gasteiger charge is -2.04. The second-order valence-electron chi connectivity index (χ2n) is 5.46. The van der Waals surface area contributed by atoms with Crippen LogP contribution in [-0.4, -0.2) is 33.0 Å². The van der Waals surface area contributed by atoms with E-state index in [4.69, 9.17) is 18.9 Å². The zero-order valence-corrected chi connectivity index (χ0v) is 14.4. The summed E-state index contributed by atoms with van der Waals surface area (Å²) in [5.74, 6) is 8.44. The van der Waals surface area contributed by atoms with Crippen LogP contribution in [0.1, 0.15) is 5.56 Å². The lowest BCUT2D eigenvalue weighted by molar-refractivity contribution is -0.120.